The molecule has 2 heterocycles. The van der Waals surface area contributed by atoms with Gasteiger partial charge in [0, 0.05) is 19.9 Å². The maximum atomic E-state index is 12.5. The van der Waals surface area contributed by atoms with Crippen LogP contribution in [0.3, 0.4) is 0 Å². The van der Waals surface area contributed by atoms with E-state index in [0.29, 0.717) is 13.2 Å². The topological polar surface area (TPSA) is 99.7 Å². The molecular formula is C14H22N4O4. The van der Waals surface area contributed by atoms with Crippen LogP contribution in [0.15, 0.2) is 12.4 Å². The van der Waals surface area contributed by atoms with Crippen LogP contribution in [0.25, 0.3) is 0 Å². The zero-order valence-electron chi connectivity index (χ0n) is 12.9. The van der Waals surface area contributed by atoms with Gasteiger partial charge in [0.05, 0.1) is 32.4 Å². The molecule has 1 atom stereocenters. The fourth-order valence-electron chi connectivity index (χ4n) is 2.53. The Kier molecular flexibility index (Phi) is 5.15. The van der Waals surface area contributed by atoms with Crippen LogP contribution < -0.4 is 5.73 Å². The molecule has 8 nitrogen and oxygen atoms in total. The minimum absolute atomic E-state index is 0.00809. The van der Waals surface area contributed by atoms with Crippen molar-refractivity contribution in [3.8, 4) is 0 Å². The number of aromatic nitrogens is 2. The second kappa shape index (κ2) is 6.89. The Morgan fingerprint density at radius 3 is 2.91 bits per heavy atom. The lowest BCUT2D eigenvalue weighted by atomic mass is 9.99. The van der Waals surface area contributed by atoms with Crippen LogP contribution in [0, 0.1) is 6.92 Å². The van der Waals surface area contributed by atoms with Gasteiger partial charge in [-0.05, 0) is 12.5 Å². The summed E-state index contributed by atoms with van der Waals surface area (Å²) in [5, 5.41) is 4.11. The number of carbonyl (C=O) groups excluding carboxylic acids is 2. The number of primary amides is 1. The molecule has 1 aliphatic rings. The largest absolute Gasteiger partial charge is 0.377 e. The Bertz CT molecular complexity index is 545. The van der Waals surface area contributed by atoms with Gasteiger partial charge in [-0.15, -0.1) is 0 Å². The van der Waals surface area contributed by atoms with Crippen LogP contribution in [0.5, 0.6) is 0 Å². The predicted molar refractivity (Wildman–Crippen MR) is 77.9 cm³/mol. The van der Waals surface area contributed by atoms with Gasteiger partial charge in [-0.3, -0.25) is 14.3 Å². The van der Waals surface area contributed by atoms with Gasteiger partial charge in [0.1, 0.15) is 12.1 Å². The number of methoxy groups -OCH3 is 1. The minimum atomic E-state index is -0.891. The molecule has 2 amide bonds. The van der Waals surface area contributed by atoms with E-state index in [2.05, 4.69) is 5.10 Å². The van der Waals surface area contributed by atoms with Crippen molar-refractivity contribution in [3.63, 3.8) is 0 Å². The molecule has 2 rings (SSSR count). The van der Waals surface area contributed by atoms with Crippen molar-refractivity contribution in [3.05, 3.63) is 18.0 Å². The Balaban J connectivity index is 2.08. The highest BCUT2D eigenvalue weighted by Crippen LogP contribution is 2.20. The molecule has 22 heavy (non-hydrogen) atoms. The summed E-state index contributed by atoms with van der Waals surface area (Å²) in [6, 6.07) is 0. The molecule has 0 radical (unpaired) electrons. The second-order valence-electron chi connectivity index (χ2n) is 5.61. The third-order valence-electron chi connectivity index (χ3n) is 3.69. The fraction of sp³-hybridized carbons (Fsp3) is 0.643. The lowest BCUT2D eigenvalue weighted by Crippen LogP contribution is -2.50. The maximum absolute atomic E-state index is 12.5. The van der Waals surface area contributed by atoms with Crippen LogP contribution in [0.2, 0.25) is 0 Å². The van der Waals surface area contributed by atoms with Crippen LogP contribution in [-0.2, 0) is 25.6 Å². The fourth-order valence-corrected chi connectivity index (χ4v) is 2.53. The summed E-state index contributed by atoms with van der Waals surface area (Å²) in [6.45, 7) is 3.40. The van der Waals surface area contributed by atoms with Crippen molar-refractivity contribution in [1.29, 1.82) is 0 Å². The van der Waals surface area contributed by atoms with Gasteiger partial charge < -0.3 is 20.1 Å². The smallest absolute Gasteiger partial charge is 0.244 e. The molecule has 1 aliphatic heterocycles. The highest BCUT2D eigenvalue weighted by atomic mass is 16.5. The number of amides is 2. The van der Waals surface area contributed by atoms with Crippen molar-refractivity contribution in [2.45, 2.75) is 25.5 Å². The van der Waals surface area contributed by atoms with Gasteiger partial charge in [-0.1, -0.05) is 0 Å². The molecule has 0 saturated carbocycles. The number of hydrogen-bond acceptors (Lipinski definition) is 5. The number of nitrogens with zero attached hydrogens (tertiary/aromatic N) is 3. The zero-order valence-corrected chi connectivity index (χ0v) is 12.9. The summed E-state index contributed by atoms with van der Waals surface area (Å²) in [7, 11) is 1.50. The summed E-state index contributed by atoms with van der Waals surface area (Å²) >= 11 is 0. The van der Waals surface area contributed by atoms with E-state index in [1.165, 1.54) is 7.11 Å². The molecule has 0 unspecified atom stereocenters. The van der Waals surface area contributed by atoms with E-state index >= 15 is 0 Å². The third-order valence-corrected chi connectivity index (χ3v) is 3.69. The number of carbonyl (C=O) groups is 2. The van der Waals surface area contributed by atoms with Crippen LogP contribution in [0.1, 0.15) is 12.0 Å². The molecule has 1 fully saturated rings. The Morgan fingerprint density at radius 2 is 2.32 bits per heavy atom. The van der Waals surface area contributed by atoms with Crippen molar-refractivity contribution < 1.29 is 19.1 Å². The Labute approximate surface area is 129 Å². The van der Waals surface area contributed by atoms with Gasteiger partial charge in [-0.25, -0.2) is 0 Å². The number of rotatable bonds is 5. The van der Waals surface area contributed by atoms with Crippen molar-refractivity contribution in [2.24, 2.45) is 5.73 Å². The zero-order chi connectivity index (χ0) is 16.2. The molecule has 122 valence electrons. The molecule has 1 aromatic heterocycles. The standard InChI is InChI=1S/C14H22N4O4/c1-11-6-16-18(7-11)8-13(20)17-3-4-22-10-14(9-17,21-2)5-12(15)19/h6-7H,3-5,8-10H2,1-2H3,(H2,15,19)/t14-/m1/s1. The van der Waals surface area contributed by atoms with Crippen molar-refractivity contribution in [1.82, 2.24) is 14.7 Å². The average Bonchev–Trinajstić information content (AvgIpc) is 2.74. The van der Waals surface area contributed by atoms with Crippen molar-refractivity contribution in [2.75, 3.05) is 33.4 Å². The molecule has 0 aromatic carbocycles. The van der Waals surface area contributed by atoms with Crippen LogP contribution in [0.4, 0.5) is 0 Å². The normalized spacial score (nSPS) is 22.4. The number of nitrogens with two attached hydrogens (primary N) is 1. The van der Waals surface area contributed by atoms with Crippen LogP contribution >= 0.6 is 0 Å². The minimum Gasteiger partial charge on any atom is -0.377 e. The monoisotopic (exact) mass is 310 g/mol. The van der Waals surface area contributed by atoms with Gasteiger partial charge in [0.2, 0.25) is 11.8 Å². The van der Waals surface area contributed by atoms with E-state index in [0.717, 1.165) is 5.56 Å². The molecule has 8 heteroatoms. The van der Waals surface area contributed by atoms with E-state index in [1.807, 2.05) is 6.92 Å². The van der Waals surface area contributed by atoms with Crippen LogP contribution in [-0.4, -0.2) is 65.5 Å². The predicted octanol–water partition coefficient (Wildman–Crippen LogP) is -0.689. The molecule has 1 saturated heterocycles. The first kappa shape index (κ1) is 16.4. The Hall–Kier alpha value is -1.93. The number of aryl methyl sites for hydroxylation is 1. The van der Waals surface area contributed by atoms with E-state index in [-0.39, 0.29) is 32.0 Å². The highest BCUT2D eigenvalue weighted by Gasteiger charge is 2.38. The first-order chi connectivity index (χ1) is 10.4. The molecule has 0 bridgehead atoms. The SMILES string of the molecule is CO[C@@]1(CC(N)=O)COCCN(C(=O)Cn2cc(C)cn2)C1. The third kappa shape index (κ3) is 4.05. The molecule has 0 spiro atoms. The lowest BCUT2D eigenvalue weighted by molar-refractivity contribution is -0.140. The first-order valence-corrected chi connectivity index (χ1v) is 7.12. The van der Waals surface area contributed by atoms with E-state index in [1.54, 1.807) is 22.0 Å². The molecule has 2 N–H and O–H groups in total. The van der Waals surface area contributed by atoms with Gasteiger partial charge in [0.15, 0.2) is 0 Å². The maximum Gasteiger partial charge on any atom is 0.244 e. The summed E-state index contributed by atoms with van der Waals surface area (Å²) in [4.78, 5) is 25.4. The Morgan fingerprint density at radius 1 is 1.55 bits per heavy atom. The summed E-state index contributed by atoms with van der Waals surface area (Å²) in [5.41, 5.74) is 5.39. The van der Waals surface area contributed by atoms with Gasteiger partial charge >= 0.3 is 0 Å². The number of ether oxygens (including phenoxy) is 2. The van der Waals surface area contributed by atoms with E-state index in [4.69, 9.17) is 15.2 Å². The first-order valence-electron chi connectivity index (χ1n) is 7.12. The van der Waals surface area contributed by atoms with Crippen molar-refractivity contribution >= 4 is 11.8 Å². The summed E-state index contributed by atoms with van der Waals surface area (Å²) in [6.07, 6.45) is 3.51. The average molecular weight is 310 g/mol. The van der Waals surface area contributed by atoms with E-state index in [9.17, 15) is 9.59 Å². The second-order valence-corrected chi connectivity index (χ2v) is 5.61. The quantitative estimate of drug-likeness (QED) is 0.776. The molecular weight excluding hydrogens is 288 g/mol. The highest BCUT2D eigenvalue weighted by molar-refractivity contribution is 5.77. The summed E-state index contributed by atoms with van der Waals surface area (Å²) in [5.74, 6) is -0.582. The summed E-state index contributed by atoms with van der Waals surface area (Å²) < 4.78 is 12.5. The molecule has 1 aromatic rings. The van der Waals surface area contributed by atoms with Gasteiger partial charge in [-0.2, -0.15) is 5.10 Å². The van der Waals surface area contributed by atoms with E-state index < -0.39 is 11.5 Å². The molecule has 0 aliphatic carbocycles. The lowest BCUT2D eigenvalue weighted by Gasteiger charge is -2.33. The number of hydrogen-bond donors (Lipinski definition) is 1. The van der Waals surface area contributed by atoms with Gasteiger partial charge in [0.25, 0.3) is 0 Å².